The minimum absolute atomic E-state index is 0.503. The Kier molecular flexibility index (Phi) is 5.75. The fraction of sp³-hybridized carbons (Fsp3) is 0.474. The van der Waals surface area contributed by atoms with E-state index in [0.29, 0.717) is 18.5 Å². The third-order valence-electron chi connectivity index (χ3n) is 4.63. The number of hydrogen-bond donors (Lipinski definition) is 0. The van der Waals surface area contributed by atoms with Crippen LogP contribution in [0.1, 0.15) is 11.8 Å². The number of aryl methyl sites for hydroxylation is 1. The minimum atomic E-state index is -1.09. The molecule has 0 aliphatic carbocycles. The third-order valence-corrected chi connectivity index (χ3v) is 7.32. The van der Waals surface area contributed by atoms with Gasteiger partial charge in [-0.1, -0.05) is 19.6 Å². The van der Waals surface area contributed by atoms with E-state index in [-0.39, 0.29) is 0 Å². The van der Waals surface area contributed by atoms with Crippen molar-refractivity contribution in [3.8, 4) is 0 Å². The second-order valence-electron chi connectivity index (χ2n) is 8.23. The Morgan fingerprint density at radius 3 is 2.86 bits per heavy atom. The highest BCUT2D eigenvalue weighted by molar-refractivity contribution is 8.08. The van der Waals surface area contributed by atoms with Crippen LogP contribution in [0.4, 0.5) is 5.82 Å². The van der Waals surface area contributed by atoms with E-state index in [1.807, 2.05) is 17.0 Å². The van der Waals surface area contributed by atoms with E-state index in [4.69, 9.17) is 9.15 Å². The number of fused-ring (bicyclic) bond motifs is 1. The van der Waals surface area contributed by atoms with Gasteiger partial charge in [0.15, 0.2) is 0 Å². The first-order valence-electron chi connectivity index (χ1n) is 9.70. The summed E-state index contributed by atoms with van der Waals surface area (Å²) in [6.07, 6.45) is 5.66. The van der Waals surface area contributed by atoms with Gasteiger partial charge in [-0.2, -0.15) is 0 Å². The van der Waals surface area contributed by atoms with Gasteiger partial charge in [-0.15, -0.1) is 22.0 Å². The van der Waals surface area contributed by atoms with Crippen LogP contribution in [-0.2, 0) is 11.5 Å². The molecule has 10 heteroatoms. The lowest BCUT2D eigenvalue weighted by Crippen LogP contribution is -2.24. The van der Waals surface area contributed by atoms with Crippen molar-refractivity contribution >= 4 is 41.6 Å². The van der Waals surface area contributed by atoms with Crippen LogP contribution in [0.25, 0.3) is 15.9 Å². The first-order valence-corrected chi connectivity index (χ1v) is 14.4. The van der Waals surface area contributed by atoms with E-state index >= 15 is 0 Å². The lowest BCUT2D eigenvalue weighted by atomic mass is 10.3. The number of ether oxygens (including phenoxy) is 1. The molecule has 0 aromatic carbocycles. The van der Waals surface area contributed by atoms with E-state index in [1.165, 1.54) is 0 Å². The highest BCUT2D eigenvalue weighted by Crippen LogP contribution is 2.34. The molecule has 1 aliphatic heterocycles. The maximum absolute atomic E-state index is 5.91. The average molecular weight is 431 g/mol. The number of anilines is 1. The third kappa shape index (κ3) is 4.70. The smallest absolute Gasteiger partial charge is 0.255 e. The van der Waals surface area contributed by atoms with Gasteiger partial charge in [0.25, 0.3) is 5.89 Å². The fourth-order valence-electron chi connectivity index (χ4n) is 3.04. The van der Waals surface area contributed by atoms with Crippen molar-refractivity contribution in [1.29, 1.82) is 0 Å². The lowest BCUT2D eigenvalue weighted by Gasteiger charge is -2.24. The highest BCUT2D eigenvalue weighted by Gasteiger charge is 2.21. The summed E-state index contributed by atoms with van der Waals surface area (Å²) < 4.78 is 13.5. The van der Waals surface area contributed by atoms with Crippen LogP contribution in [0, 0.1) is 6.92 Å². The van der Waals surface area contributed by atoms with Crippen LogP contribution >= 0.6 is 11.8 Å². The molecule has 4 heterocycles. The molecule has 0 unspecified atom stereocenters. The van der Waals surface area contributed by atoms with Crippen molar-refractivity contribution in [2.75, 3.05) is 23.8 Å². The van der Waals surface area contributed by atoms with Crippen LogP contribution in [0.5, 0.6) is 0 Å². The second kappa shape index (κ2) is 8.29. The van der Waals surface area contributed by atoms with Crippen molar-refractivity contribution in [1.82, 2.24) is 24.7 Å². The Morgan fingerprint density at radius 1 is 1.24 bits per heavy atom. The first-order chi connectivity index (χ1) is 13.9. The maximum atomic E-state index is 5.91. The molecule has 8 nitrogen and oxygen atoms in total. The standard InChI is InChI=1S/C19H26N6O2SSi/c1-14-22-23-19(27-14)16-11-24(7-9-28-16)17-15-5-6-25(18(15)21-12-20-17)13-26-8-10-29(2,3)4/h5-6,11-12H,7-10,13H2,1-4H3. The summed E-state index contributed by atoms with van der Waals surface area (Å²) in [5.74, 6) is 2.91. The number of hydrogen-bond acceptors (Lipinski definition) is 8. The first kappa shape index (κ1) is 20.1. The van der Waals surface area contributed by atoms with Gasteiger partial charge < -0.3 is 18.6 Å². The van der Waals surface area contributed by atoms with E-state index < -0.39 is 8.07 Å². The molecule has 0 amide bonds. The molecule has 0 radical (unpaired) electrons. The molecule has 0 bridgehead atoms. The number of thioether (sulfide) groups is 1. The minimum Gasteiger partial charge on any atom is -0.420 e. The number of nitrogens with zero attached hydrogens (tertiary/aromatic N) is 6. The number of rotatable bonds is 7. The molecule has 0 saturated carbocycles. The van der Waals surface area contributed by atoms with E-state index in [2.05, 4.69) is 50.8 Å². The van der Waals surface area contributed by atoms with Crippen molar-refractivity contribution in [2.24, 2.45) is 0 Å². The fourth-order valence-corrected chi connectivity index (χ4v) is 4.71. The van der Waals surface area contributed by atoms with Crippen molar-refractivity contribution in [3.05, 3.63) is 36.6 Å². The van der Waals surface area contributed by atoms with E-state index in [1.54, 1.807) is 25.0 Å². The summed E-state index contributed by atoms with van der Waals surface area (Å²) in [6.45, 7) is 11.0. The van der Waals surface area contributed by atoms with Crippen molar-refractivity contribution in [2.45, 2.75) is 39.3 Å². The SMILES string of the molecule is Cc1nnc(C2=CN(c3ncnc4c3ccn4COCC[Si](C)(C)C)CCS2)o1. The summed E-state index contributed by atoms with van der Waals surface area (Å²) in [5.41, 5.74) is 0.879. The predicted molar refractivity (Wildman–Crippen MR) is 118 cm³/mol. The summed E-state index contributed by atoms with van der Waals surface area (Å²) in [4.78, 5) is 12.1. The van der Waals surface area contributed by atoms with Gasteiger partial charge in [0.05, 0.1) is 10.3 Å². The van der Waals surface area contributed by atoms with E-state index in [9.17, 15) is 0 Å². The monoisotopic (exact) mass is 430 g/mol. The van der Waals surface area contributed by atoms with Gasteiger partial charge in [-0.05, 0) is 12.1 Å². The zero-order chi connectivity index (χ0) is 20.4. The van der Waals surface area contributed by atoms with Crippen LogP contribution in [0.2, 0.25) is 25.7 Å². The van der Waals surface area contributed by atoms with Gasteiger partial charge >= 0.3 is 0 Å². The molecular formula is C19H26N6O2SSi. The molecule has 1 aliphatic rings. The maximum Gasteiger partial charge on any atom is 0.255 e. The molecule has 0 spiro atoms. The second-order valence-corrected chi connectivity index (χ2v) is 15.0. The molecule has 3 aromatic rings. The van der Waals surface area contributed by atoms with Crippen LogP contribution < -0.4 is 4.90 Å². The van der Waals surface area contributed by atoms with Gasteiger partial charge in [0, 0.05) is 46.3 Å². The van der Waals surface area contributed by atoms with Gasteiger partial charge in [0.1, 0.15) is 24.5 Å². The molecule has 0 fully saturated rings. The molecular weight excluding hydrogens is 404 g/mol. The molecule has 154 valence electrons. The summed E-state index contributed by atoms with van der Waals surface area (Å²) in [5, 5.41) is 9.08. The topological polar surface area (TPSA) is 82.1 Å². The highest BCUT2D eigenvalue weighted by atomic mass is 32.2. The molecule has 3 aromatic heterocycles. The molecule has 29 heavy (non-hydrogen) atoms. The zero-order valence-corrected chi connectivity index (χ0v) is 19.1. The molecule has 0 atom stereocenters. The van der Waals surface area contributed by atoms with Crippen molar-refractivity contribution in [3.63, 3.8) is 0 Å². The van der Waals surface area contributed by atoms with E-state index in [0.717, 1.165) is 46.7 Å². The summed E-state index contributed by atoms with van der Waals surface area (Å²) in [6, 6.07) is 3.21. The van der Waals surface area contributed by atoms with Gasteiger partial charge in [-0.25, -0.2) is 9.97 Å². The number of aromatic nitrogens is 5. The summed E-state index contributed by atoms with van der Waals surface area (Å²) in [7, 11) is -1.09. The van der Waals surface area contributed by atoms with Crippen molar-refractivity contribution < 1.29 is 9.15 Å². The lowest BCUT2D eigenvalue weighted by molar-refractivity contribution is 0.0899. The van der Waals surface area contributed by atoms with Crippen LogP contribution in [0.15, 0.2) is 29.2 Å². The molecule has 0 saturated heterocycles. The normalized spacial score (nSPS) is 15.2. The Balaban J connectivity index is 1.54. The predicted octanol–water partition coefficient (Wildman–Crippen LogP) is 3.99. The molecule has 0 N–H and O–H groups in total. The van der Waals surface area contributed by atoms with Gasteiger partial charge in [-0.3, -0.25) is 0 Å². The average Bonchev–Trinajstić information content (AvgIpc) is 3.31. The largest absolute Gasteiger partial charge is 0.420 e. The Morgan fingerprint density at radius 2 is 2.10 bits per heavy atom. The Bertz CT molecular complexity index is 1030. The van der Waals surface area contributed by atoms with Gasteiger partial charge in [0.2, 0.25) is 5.89 Å². The quantitative estimate of drug-likeness (QED) is 0.411. The van der Waals surface area contributed by atoms with Crippen LogP contribution in [0.3, 0.4) is 0 Å². The zero-order valence-electron chi connectivity index (χ0n) is 17.3. The molecule has 4 rings (SSSR count). The van der Waals surface area contributed by atoms with Crippen LogP contribution in [-0.4, -0.2) is 51.7 Å². The Hall–Kier alpha value is -2.17. The summed E-state index contributed by atoms with van der Waals surface area (Å²) >= 11 is 1.71. The Labute approximate surface area is 175 Å².